The van der Waals surface area contributed by atoms with Crippen LogP contribution in [0.4, 0.5) is 0 Å². The summed E-state index contributed by atoms with van der Waals surface area (Å²) in [6.45, 7) is 16.9. The number of nitrogens with zero attached hydrogens (tertiary/aromatic N) is 2. The van der Waals surface area contributed by atoms with Crippen molar-refractivity contribution >= 4 is 6.72 Å². The van der Waals surface area contributed by atoms with Crippen LogP contribution in [0.25, 0.3) is 0 Å². The lowest BCUT2D eigenvalue weighted by Crippen LogP contribution is -2.23. The molecule has 22 heavy (non-hydrogen) atoms. The summed E-state index contributed by atoms with van der Waals surface area (Å²) in [5.74, 6) is 0. The van der Waals surface area contributed by atoms with Gasteiger partial charge in [-0.15, -0.1) is 0 Å². The molecule has 0 N–H and O–H groups in total. The van der Waals surface area contributed by atoms with Crippen molar-refractivity contribution in [2.24, 2.45) is 10.4 Å². The number of rotatable bonds is 7. The Balaban J connectivity index is 2.90. The van der Waals surface area contributed by atoms with Gasteiger partial charge in [0, 0.05) is 18.6 Å². The van der Waals surface area contributed by atoms with Gasteiger partial charge < -0.3 is 0 Å². The van der Waals surface area contributed by atoms with Crippen LogP contribution < -0.4 is 0 Å². The number of hydrogen-bond donors (Lipinski definition) is 0. The molecule has 1 rings (SSSR count). The zero-order chi connectivity index (χ0) is 16.8. The van der Waals surface area contributed by atoms with Crippen LogP contribution in [-0.4, -0.2) is 11.7 Å². The number of aliphatic imine (C=N–C) groups is 1. The second kappa shape index (κ2) is 7.53. The molecule has 1 aromatic rings. The van der Waals surface area contributed by atoms with Gasteiger partial charge in [-0.1, -0.05) is 45.9 Å². The van der Waals surface area contributed by atoms with E-state index < -0.39 is 0 Å². The van der Waals surface area contributed by atoms with Gasteiger partial charge in [-0.25, -0.2) is 0 Å². The first-order valence-electron chi connectivity index (χ1n) is 7.94. The molecule has 0 saturated heterocycles. The molecule has 0 unspecified atom stereocenters. The van der Waals surface area contributed by atoms with Crippen molar-refractivity contribution in [1.82, 2.24) is 4.98 Å². The van der Waals surface area contributed by atoms with E-state index in [0.29, 0.717) is 0 Å². The van der Waals surface area contributed by atoms with E-state index in [9.17, 15) is 0 Å². The third kappa shape index (κ3) is 4.94. The van der Waals surface area contributed by atoms with E-state index in [2.05, 4.69) is 69.5 Å². The van der Waals surface area contributed by atoms with E-state index in [4.69, 9.17) is 0 Å². The Morgan fingerprint density at radius 2 is 1.91 bits per heavy atom. The van der Waals surface area contributed by atoms with E-state index >= 15 is 0 Å². The van der Waals surface area contributed by atoms with Gasteiger partial charge in [-0.05, 0) is 60.9 Å². The topological polar surface area (TPSA) is 25.2 Å². The van der Waals surface area contributed by atoms with Gasteiger partial charge in [0.05, 0.1) is 0 Å². The van der Waals surface area contributed by atoms with Crippen molar-refractivity contribution < 1.29 is 0 Å². The minimum absolute atomic E-state index is 0.0717. The van der Waals surface area contributed by atoms with Gasteiger partial charge in [-0.2, -0.15) is 0 Å². The summed E-state index contributed by atoms with van der Waals surface area (Å²) >= 11 is 0. The molecule has 0 atom stereocenters. The summed E-state index contributed by atoms with van der Waals surface area (Å²) in [7, 11) is 0. The molecule has 0 aromatic carbocycles. The molecule has 0 fully saturated rings. The number of pyridine rings is 1. The molecule has 0 aliphatic rings. The molecule has 0 saturated carbocycles. The Labute approximate surface area is 136 Å². The maximum Gasteiger partial charge on any atom is 0.0305 e. The van der Waals surface area contributed by atoms with Crippen LogP contribution >= 0.6 is 0 Å². The average molecular weight is 298 g/mol. The van der Waals surface area contributed by atoms with Crippen LogP contribution in [0, 0.1) is 12.3 Å². The standard InChI is InChI=1S/C20H30N2/c1-8-9-17(14-21-7)19(3,4)10-11-20(5,6)18-12-16(2)13-22-15-18/h8-9,12-15H,7,10-11H2,1-6H3/b9-8-,17-14+. The quantitative estimate of drug-likeness (QED) is 0.472. The molecule has 1 aromatic heterocycles. The summed E-state index contributed by atoms with van der Waals surface area (Å²) in [5.41, 5.74) is 3.93. The normalized spacial score (nSPS) is 13.6. The fraction of sp³-hybridized carbons (Fsp3) is 0.500. The highest BCUT2D eigenvalue weighted by molar-refractivity contribution is 5.32. The minimum Gasteiger partial charge on any atom is -0.272 e. The van der Waals surface area contributed by atoms with Crippen molar-refractivity contribution in [3.8, 4) is 0 Å². The lowest BCUT2D eigenvalue weighted by atomic mass is 9.73. The molecule has 0 spiro atoms. The molecule has 2 nitrogen and oxygen atoms in total. The maximum absolute atomic E-state index is 4.34. The Morgan fingerprint density at radius 3 is 2.45 bits per heavy atom. The molecule has 120 valence electrons. The second-order valence-electron chi connectivity index (χ2n) is 7.29. The van der Waals surface area contributed by atoms with Crippen LogP contribution in [0.1, 0.15) is 58.6 Å². The van der Waals surface area contributed by atoms with Crippen LogP contribution in [0.2, 0.25) is 0 Å². The Bertz CT molecular complexity index is 563. The summed E-state index contributed by atoms with van der Waals surface area (Å²) in [6.07, 6.45) is 12.2. The maximum atomic E-state index is 4.34. The Hall–Kier alpha value is -1.70. The summed E-state index contributed by atoms with van der Waals surface area (Å²) in [5, 5.41) is 0. The second-order valence-corrected chi connectivity index (χ2v) is 7.29. The van der Waals surface area contributed by atoms with Gasteiger partial charge in [0.1, 0.15) is 0 Å². The average Bonchev–Trinajstić information content (AvgIpc) is 2.45. The predicted octanol–water partition coefficient (Wildman–Crippen LogP) is 5.63. The van der Waals surface area contributed by atoms with Crippen LogP contribution in [0.5, 0.6) is 0 Å². The lowest BCUT2D eigenvalue weighted by Gasteiger charge is -2.32. The Morgan fingerprint density at radius 1 is 1.23 bits per heavy atom. The van der Waals surface area contributed by atoms with Crippen LogP contribution in [0.15, 0.2) is 47.4 Å². The molecule has 0 bridgehead atoms. The summed E-state index contributed by atoms with van der Waals surface area (Å²) in [6, 6.07) is 2.24. The smallest absolute Gasteiger partial charge is 0.0305 e. The first kappa shape index (κ1) is 18.3. The number of hydrogen-bond acceptors (Lipinski definition) is 2. The molecule has 1 heterocycles. The number of aromatic nitrogens is 1. The molecular formula is C20H30N2. The van der Waals surface area contributed by atoms with E-state index in [1.165, 1.54) is 16.7 Å². The van der Waals surface area contributed by atoms with Crippen molar-refractivity contribution in [2.75, 3.05) is 0 Å². The first-order valence-corrected chi connectivity index (χ1v) is 7.94. The molecule has 0 amide bonds. The van der Waals surface area contributed by atoms with E-state index in [0.717, 1.165) is 12.8 Å². The molecular weight excluding hydrogens is 268 g/mol. The van der Waals surface area contributed by atoms with E-state index in [1.54, 1.807) is 0 Å². The highest BCUT2D eigenvalue weighted by atomic mass is 14.6. The van der Waals surface area contributed by atoms with Crippen LogP contribution in [-0.2, 0) is 5.41 Å². The van der Waals surface area contributed by atoms with Gasteiger partial charge in [0.25, 0.3) is 0 Å². The largest absolute Gasteiger partial charge is 0.272 e. The number of aryl methyl sites for hydroxylation is 1. The third-order valence-electron chi connectivity index (χ3n) is 4.39. The molecule has 0 aliphatic heterocycles. The molecule has 0 radical (unpaired) electrons. The molecule has 0 aliphatic carbocycles. The highest BCUT2D eigenvalue weighted by Crippen LogP contribution is 2.38. The summed E-state index contributed by atoms with van der Waals surface area (Å²) in [4.78, 5) is 8.30. The van der Waals surface area contributed by atoms with E-state index in [1.807, 2.05) is 25.5 Å². The van der Waals surface area contributed by atoms with Crippen molar-refractivity contribution in [3.05, 3.63) is 53.5 Å². The molecule has 2 heteroatoms. The predicted molar refractivity (Wildman–Crippen MR) is 97.5 cm³/mol. The van der Waals surface area contributed by atoms with Crippen molar-refractivity contribution in [1.29, 1.82) is 0 Å². The fourth-order valence-electron chi connectivity index (χ4n) is 2.56. The van der Waals surface area contributed by atoms with E-state index in [-0.39, 0.29) is 10.8 Å². The third-order valence-corrected chi connectivity index (χ3v) is 4.39. The van der Waals surface area contributed by atoms with Crippen molar-refractivity contribution in [2.45, 2.75) is 59.8 Å². The zero-order valence-corrected chi connectivity index (χ0v) is 15.0. The zero-order valence-electron chi connectivity index (χ0n) is 15.0. The van der Waals surface area contributed by atoms with Gasteiger partial charge in [-0.3, -0.25) is 9.98 Å². The van der Waals surface area contributed by atoms with Crippen LogP contribution in [0.3, 0.4) is 0 Å². The first-order chi connectivity index (χ1) is 10.2. The number of allylic oxidation sites excluding steroid dienone is 3. The lowest BCUT2D eigenvalue weighted by molar-refractivity contribution is 0.339. The SMILES string of the molecule is C=N/C=C(\C=C/C)C(C)(C)CCC(C)(C)c1cncc(C)c1. The van der Waals surface area contributed by atoms with Gasteiger partial charge in [0.15, 0.2) is 0 Å². The fourth-order valence-corrected chi connectivity index (χ4v) is 2.56. The van der Waals surface area contributed by atoms with Crippen molar-refractivity contribution in [3.63, 3.8) is 0 Å². The summed E-state index contributed by atoms with van der Waals surface area (Å²) < 4.78 is 0. The minimum atomic E-state index is 0.0717. The van der Waals surface area contributed by atoms with Gasteiger partial charge >= 0.3 is 0 Å². The highest BCUT2D eigenvalue weighted by Gasteiger charge is 2.28. The monoisotopic (exact) mass is 298 g/mol. The Kier molecular flexibility index (Phi) is 6.28. The van der Waals surface area contributed by atoms with Gasteiger partial charge in [0.2, 0.25) is 0 Å².